The Kier molecular flexibility index (Phi) is 6.24. The largest absolute Gasteiger partial charge is 0.311 e. The van der Waals surface area contributed by atoms with E-state index >= 15 is 0 Å². The molecule has 0 spiro atoms. The van der Waals surface area contributed by atoms with E-state index in [1.807, 2.05) is 0 Å². The van der Waals surface area contributed by atoms with Crippen molar-refractivity contribution in [2.24, 2.45) is 0 Å². The second-order valence-electron chi connectivity index (χ2n) is 8.57. The molecule has 3 rings (SSSR count). The third kappa shape index (κ3) is 4.47. The number of hydrogen-bond donors (Lipinski definition) is 0. The van der Waals surface area contributed by atoms with Crippen molar-refractivity contribution in [1.29, 1.82) is 0 Å². The van der Waals surface area contributed by atoms with E-state index in [0.29, 0.717) is 17.8 Å². The van der Waals surface area contributed by atoms with Gasteiger partial charge in [-0.3, -0.25) is 0 Å². The molecule has 0 atom stereocenters. The van der Waals surface area contributed by atoms with Gasteiger partial charge in [0, 0.05) is 17.1 Å². The molecule has 0 fully saturated rings. The Morgan fingerprint density at radius 2 is 0.607 bits per heavy atom. The lowest BCUT2D eigenvalue weighted by Crippen LogP contribution is -2.10. The summed E-state index contributed by atoms with van der Waals surface area (Å²) in [5.41, 5.74) is 7.69. The highest BCUT2D eigenvalue weighted by molar-refractivity contribution is 5.76. The molecule has 0 unspecified atom stereocenters. The van der Waals surface area contributed by atoms with Crippen LogP contribution in [0.2, 0.25) is 0 Å². The molecule has 0 N–H and O–H groups in total. The average Bonchev–Trinajstić information content (AvgIpc) is 2.69. The van der Waals surface area contributed by atoms with Gasteiger partial charge in [-0.1, -0.05) is 77.9 Å². The zero-order valence-corrected chi connectivity index (χ0v) is 18.1. The monoisotopic (exact) mass is 371 g/mol. The molecule has 0 saturated heterocycles. The smallest absolute Gasteiger partial charge is 0.0461 e. The van der Waals surface area contributed by atoms with E-state index in [0.717, 1.165) is 0 Å². The summed E-state index contributed by atoms with van der Waals surface area (Å²) in [5, 5.41) is 0. The van der Waals surface area contributed by atoms with Crippen LogP contribution in [-0.2, 0) is 0 Å². The van der Waals surface area contributed by atoms with Gasteiger partial charge in [-0.2, -0.15) is 0 Å². The van der Waals surface area contributed by atoms with Gasteiger partial charge in [-0.15, -0.1) is 0 Å². The molecule has 0 aliphatic heterocycles. The Labute approximate surface area is 171 Å². The Balaban J connectivity index is 2.04. The van der Waals surface area contributed by atoms with E-state index < -0.39 is 0 Å². The van der Waals surface area contributed by atoms with Crippen molar-refractivity contribution in [3.05, 3.63) is 89.5 Å². The summed E-state index contributed by atoms with van der Waals surface area (Å²) < 4.78 is 0. The summed E-state index contributed by atoms with van der Waals surface area (Å²) in [4.78, 5) is 2.35. The van der Waals surface area contributed by atoms with Crippen molar-refractivity contribution in [1.82, 2.24) is 0 Å². The summed E-state index contributed by atoms with van der Waals surface area (Å²) >= 11 is 0. The Bertz CT molecular complexity index is 747. The summed E-state index contributed by atoms with van der Waals surface area (Å²) in [6.45, 7) is 13.4. The lowest BCUT2D eigenvalue weighted by atomic mass is 10.0. The highest BCUT2D eigenvalue weighted by Crippen LogP contribution is 2.36. The first kappa shape index (κ1) is 20.2. The molecule has 3 aromatic carbocycles. The molecule has 0 aromatic heterocycles. The Hall–Kier alpha value is -2.54. The molecule has 28 heavy (non-hydrogen) atoms. The van der Waals surface area contributed by atoms with E-state index in [4.69, 9.17) is 0 Å². The van der Waals surface area contributed by atoms with Crippen molar-refractivity contribution in [2.75, 3.05) is 4.90 Å². The SMILES string of the molecule is CC(C)c1ccc(N(c2ccc(C(C)C)cc2)c2ccc(C(C)C)cc2)cc1. The van der Waals surface area contributed by atoms with E-state index in [1.54, 1.807) is 0 Å². The predicted octanol–water partition coefficient (Wildman–Crippen LogP) is 8.53. The van der Waals surface area contributed by atoms with Gasteiger partial charge in [0.25, 0.3) is 0 Å². The quantitative estimate of drug-likeness (QED) is 0.419. The van der Waals surface area contributed by atoms with Crippen molar-refractivity contribution in [3.8, 4) is 0 Å². The molecule has 146 valence electrons. The third-order valence-corrected chi connectivity index (χ3v) is 5.45. The van der Waals surface area contributed by atoms with Crippen molar-refractivity contribution < 1.29 is 0 Å². The van der Waals surface area contributed by atoms with Crippen LogP contribution in [0.5, 0.6) is 0 Å². The van der Waals surface area contributed by atoms with Gasteiger partial charge in [0.2, 0.25) is 0 Å². The van der Waals surface area contributed by atoms with Gasteiger partial charge in [-0.05, 0) is 70.8 Å². The normalized spacial score (nSPS) is 11.5. The zero-order valence-electron chi connectivity index (χ0n) is 18.1. The number of hydrogen-bond acceptors (Lipinski definition) is 1. The van der Waals surface area contributed by atoms with Crippen LogP contribution in [0.25, 0.3) is 0 Å². The molecular formula is C27H33N. The van der Waals surface area contributed by atoms with Gasteiger partial charge in [0.1, 0.15) is 0 Å². The molecule has 0 radical (unpaired) electrons. The number of nitrogens with zero attached hydrogens (tertiary/aromatic N) is 1. The second kappa shape index (κ2) is 8.65. The number of anilines is 3. The van der Waals surface area contributed by atoms with Gasteiger partial charge < -0.3 is 4.90 Å². The minimum absolute atomic E-state index is 0.540. The van der Waals surface area contributed by atoms with Crippen LogP contribution in [-0.4, -0.2) is 0 Å². The first-order valence-corrected chi connectivity index (χ1v) is 10.5. The van der Waals surface area contributed by atoms with Crippen LogP contribution in [0.3, 0.4) is 0 Å². The minimum Gasteiger partial charge on any atom is -0.311 e. The molecule has 0 aliphatic carbocycles. The van der Waals surface area contributed by atoms with Crippen LogP contribution in [0.1, 0.15) is 76.0 Å². The first-order valence-electron chi connectivity index (χ1n) is 10.5. The van der Waals surface area contributed by atoms with E-state index in [2.05, 4.69) is 119 Å². The van der Waals surface area contributed by atoms with E-state index in [1.165, 1.54) is 33.8 Å². The number of rotatable bonds is 6. The molecule has 0 saturated carbocycles. The van der Waals surface area contributed by atoms with Crippen molar-refractivity contribution >= 4 is 17.1 Å². The topological polar surface area (TPSA) is 3.24 Å². The molecular weight excluding hydrogens is 338 g/mol. The summed E-state index contributed by atoms with van der Waals surface area (Å²) in [5.74, 6) is 1.62. The molecule has 0 amide bonds. The first-order chi connectivity index (χ1) is 13.4. The van der Waals surface area contributed by atoms with E-state index in [9.17, 15) is 0 Å². The Morgan fingerprint density at radius 1 is 0.393 bits per heavy atom. The van der Waals surface area contributed by atoms with Gasteiger partial charge in [-0.25, -0.2) is 0 Å². The maximum atomic E-state index is 2.35. The highest BCUT2D eigenvalue weighted by atomic mass is 15.1. The maximum Gasteiger partial charge on any atom is 0.0461 e. The highest BCUT2D eigenvalue weighted by Gasteiger charge is 2.14. The molecule has 0 heterocycles. The van der Waals surface area contributed by atoms with Gasteiger partial charge in [0.05, 0.1) is 0 Å². The fourth-order valence-electron chi connectivity index (χ4n) is 3.47. The lowest BCUT2D eigenvalue weighted by molar-refractivity contribution is 0.865. The molecule has 1 heteroatoms. The standard InChI is InChI=1S/C27H33N/c1-19(2)22-7-13-25(14-8-22)28(26-15-9-23(10-16-26)20(3)4)27-17-11-24(12-18-27)21(5)6/h7-21H,1-6H3. The summed E-state index contributed by atoms with van der Waals surface area (Å²) in [7, 11) is 0. The van der Waals surface area contributed by atoms with Crippen molar-refractivity contribution in [3.63, 3.8) is 0 Å². The van der Waals surface area contributed by atoms with Gasteiger partial charge >= 0.3 is 0 Å². The van der Waals surface area contributed by atoms with Crippen LogP contribution in [0.15, 0.2) is 72.8 Å². The number of benzene rings is 3. The summed E-state index contributed by atoms with van der Waals surface area (Å²) in [6.07, 6.45) is 0. The van der Waals surface area contributed by atoms with Crippen LogP contribution in [0.4, 0.5) is 17.1 Å². The maximum absolute atomic E-state index is 2.35. The van der Waals surface area contributed by atoms with Crippen LogP contribution < -0.4 is 4.90 Å². The molecule has 1 nitrogen and oxygen atoms in total. The van der Waals surface area contributed by atoms with E-state index in [-0.39, 0.29) is 0 Å². The van der Waals surface area contributed by atoms with Crippen LogP contribution in [0, 0.1) is 0 Å². The van der Waals surface area contributed by atoms with Gasteiger partial charge in [0.15, 0.2) is 0 Å². The second-order valence-corrected chi connectivity index (χ2v) is 8.57. The predicted molar refractivity (Wildman–Crippen MR) is 123 cm³/mol. The molecule has 0 aliphatic rings. The van der Waals surface area contributed by atoms with Crippen LogP contribution >= 0.6 is 0 Å². The Morgan fingerprint density at radius 3 is 0.786 bits per heavy atom. The average molecular weight is 372 g/mol. The third-order valence-electron chi connectivity index (χ3n) is 5.45. The fraction of sp³-hybridized carbons (Fsp3) is 0.333. The lowest BCUT2D eigenvalue weighted by Gasteiger charge is -2.26. The fourth-order valence-corrected chi connectivity index (χ4v) is 3.47. The zero-order chi connectivity index (χ0) is 20.3. The van der Waals surface area contributed by atoms with Crippen molar-refractivity contribution in [2.45, 2.75) is 59.3 Å². The molecule has 3 aromatic rings. The minimum atomic E-state index is 0.540. The summed E-state index contributed by atoms with van der Waals surface area (Å²) in [6, 6.07) is 26.9. The molecule has 0 bridgehead atoms.